The van der Waals surface area contributed by atoms with Crippen LogP contribution in [-0.2, 0) is 16.2 Å². The van der Waals surface area contributed by atoms with Gasteiger partial charge in [-0.3, -0.25) is 4.21 Å². The Kier molecular flexibility index (Phi) is 5.27. The monoisotopic (exact) mass is 324 g/mol. The van der Waals surface area contributed by atoms with Gasteiger partial charge in [-0.05, 0) is 42.6 Å². The topological polar surface area (TPSA) is 54.4 Å². The molecule has 3 nitrogen and oxygen atoms in total. The van der Waals surface area contributed by atoms with Crippen molar-refractivity contribution in [3.63, 3.8) is 0 Å². The van der Waals surface area contributed by atoms with Crippen LogP contribution in [-0.4, -0.2) is 20.5 Å². The van der Waals surface area contributed by atoms with E-state index in [9.17, 15) is 17.8 Å². The lowest BCUT2D eigenvalue weighted by Crippen LogP contribution is -2.18. The first-order valence-corrected chi connectivity index (χ1v) is 7.55. The van der Waals surface area contributed by atoms with Crippen LogP contribution in [0, 0.1) is 6.92 Å². The summed E-state index contributed by atoms with van der Waals surface area (Å²) in [6.07, 6.45) is 0.511. The van der Waals surface area contributed by atoms with E-state index in [-0.39, 0.29) is 21.3 Å². The molecule has 0 amide bonds. The van der Waals surface area contributed by atoms with Crippen molar-refractivity contribution in [3.8, 4) is 0 Å². The molecule has 0 aliphatic carbocycles. The van der Waals surface area contributed by atoms with Crippen LogP contribution in [0.2, 0.25) is 0 Å². The fourth-order valence-corrected chi connectivity index (χ4v) is 3.50. The van der Waals surface area contributed by atoms with Gasteiger partial charge in [-0.25, -0.2) is 4.79 Å². The first-order chi connectivity index (χ1) is 9.11. The largest absolute Gasteiger partial charge is 0.478 e. The Bertz CT molecular complexity index is 555. The zero-order valence-corrected chi connectivity index (χ0v) is 12.8. The quantitative estimate of drug-likeness (QED) is 0.836. The van der Waals surface area contributed by atoms with Gasteiger partial charge in [0.05, 0.1) is 26.8 Å². The first kappa shape index (κ1) is 17.0. The van der Waals surface area contributed by atoms with Crippen molar-refractivity contribution in [1.29, 1.82) is 0 Å². The minimum absolute atomic E-state index is 0.0639. The number of hydrogen-bond donors (Lipinski definition) is 1. The third-order valence-electron chi connectivity index (χ3n) is 3.08. The maximum Gasteiger partial charge on any atom is 0.349 e. The predicted molar refractivity (Wildman–Crippen MR) is 74.0 cm³/mol. The molecule has 0 saturated carbocycles. The third kappa shape index (κ3) is 3.35. The molecule has 0 unspecified atom stereocenters. The molecule has 2 atom stereocenters. The van der Waals surface area contributed by atoms with Crippen LogP contribution in [0.3, 0.4) is 0 Å². The smallest absolute Gasteiger partial charge is 0.349 e. The molecular formula is C13H15ClF2O3S. The molecule has 0 heterocycles. The molecular weight excluding hydrogens is 310 g/mol. The lowest BCUT2D eigenvalue weighted by molar-refractivity contribution is 0.0693. The highest BCUT2D eigenvalue weighted by Gasteiger charge is 2.35. The van der Waals surface area contributed by atoms with Gasteiger partial charge in [0.2, 0.25) is 0 Å². The summed E-state index contributed by atoms with van der Waals surface area (Å²) in [6, 6.07) is 1.99. The Balaban J connectivity index is 3.62. The van der Waals surface area contributed by atoms with Gasteiger partial charge < -0.3 is 5.11 Å². The first-order valence-electron chi connectivity index (χ1n) is 5.95. The van der Waals surface area contributed by atoms with Crippen molar-refractivity contribution in [2.45, 2.75) is 42.7 Å². The summed E-state index contributed by atoms with van der Waals surface area (Å²) >= 11 is 5.04. The number of rotatable bonds is 5. The average Bonchev–Trinajstić information content (AvgIpc) is 2.34. The number of hydrogen-bond acceptors (Lipinski definition) is 2. The lowest BCUT2D eigenvalue weighted by atomic mass is 10.0. The van der Waals surface area contributed by atoms with Crippen LogP contribution in [0.5, 0.6) is 0 Å². The Hall–Kier alpha value is -1.01. The fourth-order valence-electron chi connectivity index (χ4n) is 1.76. The van der Waals surface area contributed by atoms with Crippen LogP contribution in [0.25, 0.3) is 0 Å². The second kappa shape index (κ2) is 6.18. The zero-order valence-electron chi connectivity index (χ0n) is 11.2. The summed E-state index contributed by atoms with van der Waals surface area (Å²) in [4.78, 5) is 10.9. The summed E-state index contributed by atoms with van der Waals surface area (Å²) in [6.45, 7) is 4.79. The highest BCUT2D eigenvalue weighted by Crippen LogP contribution is 2.39. The highest BCUT2D eigenvalue weighted by molar-refractivity contribution is 7.85. The summed E-state index contributed by atoms with van der Waals surface area (Å²) in [7, 11) is -1.75. The number of alkyl halides is 3. The minimum atomic E-state index is -3.69. The summed E-state index contributed by atoms with van der Waals surface area (Å²) in [5.41, 5.74) is -0.685. The zero-order chi connectivity index (χ0) is 15.7. The maximum atomic E-state index is 13.4. The van der Waals surface area contributed by atoms with Gasteiger partial charge in [0.15, 0.2) is 0 Å². The number of halogens is 3. The fraction of sp³-hybridized carbons (Fsp3) is 0.462. The molecule has 1 rings (SSSR count). The molecule has 20 heavy (non-hydrogen) atoms. The molecule has 7 heteroatoms. The van der Waals surface area contributed by atoms with E-state index < -0.39 is 27.7 Å². The SMILES string of the molecule is CC[C@H](C)[S@@](=O)c1c(C(F)(F)Cl)ccc(C(=O)O)c1C. The molecule has 0 saturated heterocycles. The minimum Gasteiger partial charge on any atom is -0.478 e. The van der Waals surface area contributed by atoms with Gasteiger partial charge in [-0.1, -0.05) is 13.8 Å². The molecule has 0 bridgehead atoms. The van der Waals surface area contributed by atoms with Gasteiger partial charge >= 0.3 is 11.4 Å². The Morgan fingerprint density at radius 2 is 2.05 bits per heavy atom. The van der Waals surface area contributed by atoms with Crippen LogP contribution in [0.4, 0.5) is 8.78 Å². The van der Waals surface area contributed by atoms with Crippen molar-refractivity contribution in [1.82, 2.24) is 0 Å². The number of aromatic carboxylic acids is 1. The van der Waals surface area contributed by atoms with Gasteiger partial charge in [0.1, 0.15) is 0 Å². The summed E-state index contributed by atoms with van der Waals surface area (Å²) < 4.78 is 39.2. The standard InChI is InChI=1S/C13H15ClF2O3S/c1-4-7(2)20(19)11-8(3)9(12(17)18)5-6-10(11)13(14,15)16/h5-7H,4H2,1-3H3,(H,17,18)/t7-,20+/m0/s1. The molecule has 0 spiro atoms. The second-order valence-corrected chi connectivity index (χ2v) is 6.72. The predicted octanol–water partition coefficient (Wildman–Crippen LogP) is 3.89. The van der Waals surface area contributed by atoms with E-state index >= 15 is 0 Å². The molecule has 0 aliphatic heterocycles. The Morgan fingerprint density at radius 1 is 1.50 bits per heavy atom. The van der Waals surface area contributed by atoms with Crippen molar-refractivity contribution in [2.24, 2.45) is 0 Å². The molecule has 1 aromatic rings. The van der Waals surface area contributed by atoms with Gasteiger partial charge in [-0.2, -0.15) is 8.78 Å². The number of carboxylic acid groups (broad SMARTS) is 1. The van der Waals surface area contributed by atoms with E-state index in [0.717, 1.165) is 12.1 Å². The van der Waals surface area contributed by atoms with E-state index in [1.54, 1.807) is 13.8 Å². The van der Waals surface area contributed by atoms with Crippen molar-refractivity contribution >= 4 is 28.4 Å². The molecule has 0 aromatic heterocycles. The highest BCUT2D eigenvalue weighted by atomic mass is 35.5. The van der Waals surface area contributed by atoms with E-state index in [2.05, 4.69) is 0 Å². The molecule has 1 N–H and O–H groups in total. The Morgan fingerprint density at radius 3 is 2.45 bits per heavy atom. The van der Waals surface area contributed by atoms with Gasteiger partial charge in [0, 0.05) is 5.25 Å². The van der Waals surface area contributed by atoms with E-state index in [1.807, 2.05) is 0 Å². The van der Waals surface area contributed by atoms with Crippen molar-refractivity contribution < 1.29 is 22.9 Å². The molecule has 0 fully saturated rings. The average molecular weight is 325 g/mol. The normalized spacial score (nSPS) is 14.9. The summed E-state index contributed by atoms with van der Waals surface area (Å²) in [5.74, 6) is -1.26. The van der Waals surface area contributed by atoms with Crippen LogP contribution in [0.15, 0.2) is 17.0 Å². The molecule has 0 radical (unpaired) electrons. The van der Waals surface area contributed by atoms with Crippen molar-refractivity contribution in [3.05, 3.63) is 28.8 Å². The van der Waals surface area contributed by atoms with Crippen LogP contribution >= 0.6 is 11.6 Å². The number of benzene rings is 1. The van der Waals surface area contributed by atoms with Crippen molar-refractivity contribution in [2.75, 3.05) is 0 Å². The van der Waals surface area contributed by atoms with E-state index in [1.165, 1.54) is 6.92 Å². The third-order valence-corrected chi connectivity index (χ3v) is 5.28. The second-order valence-electron chi connectivity index (χ2n) is 4.43. The molecule has 1 aromatic carbocycles. The maximum absolute atomic E-state index is 13.4. The van der Waals surface area contributed by atoms with Crippen LogP contribution in [0.1, 0.15) is 41.8 Å². The molecule has 112 valence electrons. The van der Waals surface area contributed by atoms with Crippen LogP contribution < -0.4 is 0 Å². The number of carboxylic acids is 1. The van der Waals surface area contributed by atoms with E-state index in [0.29, 0.717) is 6.42 Å². The Labute approximate surface area is 123 Å². The van der Waals surface area contributed by atoms with Gasteiger partial charge in [-0.15, -0.1) is 0 Å². The van der Waals surface area contributed by atoms with E-state index in [4.69, 9.17) is 16.7 Å². The summed E-state index contributed by atoms with van der Waals surface area (Å²) in [5, 5.41) is 4.97. The lowest BCUT2D eigenvalue weighted by Gasteiger charge is -2.19. The number of carbonyl (C=O) groups is 1. The van der Waals surface area contributed by atoms with Gasteiger partial charge in [0.25, 0.3) is 0 Å². The molecule has 0 aliphatic rings.